The third-order valence-corrected chi connectivity index (χ3v) is 5.55. The van der Waals surface area contributed by atoms with Crippen LogP contribution in [0.5, 0.6) is 0 Å². The van der Waals surface area contributed by atoms with Gasteiger partial charge in [-0.1, -0.05) is 25.3 Å². The molecule has 0 bridgehead atoms. The number of thiophene rings is 1. The summed E-state index contributed by atoms with van der Waals surface area (Å²) in [5.41, 5.74) is -0.488. The molecule has 21 heavy (non-hydrogen) atoms. The molecule has 0 atom stereocenters. The maximum atomic E-state index is 12.3. The second kappa shape index (κ2) is 6.46. The largest absolute Gasteiger partial charge is 0.389 e. The molecule has 2 fully saturated rings. The Hall–Kier alpha value is -0.910. The van der Waals surface area contributed by atoms with Crippen molar-refractivity contribution in [3.8, 4) is 0 Å². The summed E-state index contributed by atoms with van der Waals surface area (Å²) in [7, 11) is 0. The quantitative estimate of drug-likeness (QED) is 0.931. The topological polar surface area (TPSA) is 43.8 Å². The molecule has 1 aliphatic heterocycles. The summed E-state index contributed by atoms with van der Waals surface area (Å²) in [6, 6.07) is 3.82. The first-order valence-electron chi connectivity index (χ1n) is 7.94. The molecular weight excluding hydrogens is 284 g/mol. The molecule has 1 saturated heterocycles. The second-order valence-corrected chi connectivity index (χ2v) is 7.28. The Labute approximate surface area is 130 Å². The molecule has 0 spiro atoms. The van der Waals surface area contributed by atoms with E-state index in [4.69, 9.17) is 0 Å². The molecule has 0 unspecified atom stereocenters. The van der Waals surface area contributed by atoms with Gasteiger partial charge in [0.05, 0.1) is 10.5 Å². The predicted molar refractivity (Wildman–Crippen MR) is 84.7 cm³/mol. The van der Waals surface area contributed by atoms with E-state index < -0.39 is 5.60 Å². The fourth-order valence-corrected chi connectivity index (χ4v) is 4.14. The molecule has 1 aromatic rings. The fraction of sp³-hybridized carbons (Fsp3) is 0.688. The molecule has 116 valence electrons. The Morgan fingerprint density at radius 1 is 1.19 bits per heavy atom. The van der Waals surface area contributed by atoms with Crippen LogP contribution in [0, 0.1) is 0 Å². The molecule has 1 saturated carbocycles. The van der Waals surface area contributed by atoms with Crippen LogP contribution in [0.15, 0.2) is 17.5 Å². The van der Waals surface area contributed by atoms with Crippen LogP contribution >= 0.6 is 11.3 Å². The normalized spacial score (nSPS) is 23.2. The van der Waals surface area contributed by atoms with Crippen molar-refractivity contribution in [2.75, 3.05) is 32.7 Å². The highest BCUT2D eigenvalue weighted by molar-refractivity contribution is 7.12. The van der Waals surface area contributed by atoms with Crippen molar-refractivity contribution in [1.29, 1.82) is 0 Å². The average Bonchev–Trinajstić information content (AvgIpc) is 3.02. The maximum absolute atomic E-state index is 12.3. The van der Waals surface area contributed by atoms with E-state index in [9.17, 15) is 9.90 Å². The first-order chi connectivity index (χ1) is 10.2. The minimum absolute atomic E-state index is 0.154. The van der Waals surface area contributed by atoms with Gasteiger partial charge in [0.1, 0.15) is 0 Å². The van der Waals surface area contributed by atoms with E-state index >= 15 is 0 Å². The molecule has 1 amide bonds. The lowest BCUT2D eigenvalue weighted by Crippen LogP contribution is -2.53. The number of rotatable bonds is 3. The van der Waals surface area contributed by atoms with Gasteiger partial charge in [0, 0.05) is 32.7 Å². The van der Waals surface area contributed by atoms with E-state index in [1.165, 1.54) is 17.8 Å². The van der Waals surface area contributed by atoms with Crippen LogP contribution in [0.3, 0.4) is 0 Å². The molecule has 5 heteroatoms. The number of amides is 1. The number of carbonyl (C=O) groups excluding carboxylic acids is 1. The van der Waals surface area contributed by atoms with E-state index in [2.05, 4.69) is 4.90 Å². The summed E-state index contributed by atoms with van der Waals surface area (Å²) >= 11 is 1.51. The second-order valence-electron chi connectivity index (χ2n) is 6.33. The Bertz CT molecular complexity index is 461. The first kappa shape index (κ1) is 15.0. The zero-order chi connectivity index (χ0) is 14.7. The third-order valence-electron chi connectivity index (χ3n) is 4.69. The van der Waals surface area contributed by atoms with Crippen LogP contribution in [0.25, 0.3) is 0 Å². The molecule has 2 aliphatic rings. The highest BCUT2D eigenvalue weighted by Crippen LogP contribution is 2.29. The van der Waals surface area contributed by atoms with E-state index in [1.54, 1.807) is 0 Å². The lowest BCUT2D eigenvalue weighted by atomic mass is 9.84. The number of hydrogen-bond donors (Lipinski definition) is 1. The molecule has 0 aromatic carbocycles. The van der Waals surface area contributed by atoms with Gasteiger partial charge in [-0.15, -0.1) is 11.3 Å². The smallest absolute Gasteiger partial charge is 0.264 e. The highest BCUT2D eigenvalue weighted by atomic mass is 32.1. The van der Waals surface area contributed by atoms with Crippen LogP contribution in [0.4, 0.5) is 0 Å². The predicted octanol–water partition coefficient (Wildman–Crippen LogP) is 2.20. The molecule has 4 nitrogen and oxygen atoms in total. The SMILES string of the molecule is O=C(c1cccs1)N1CCN(CC2(O)CCCCC2)CC1. The summed E-state index contributed by atoms with van der Waals surface area (Å²) in [5.74, 6) is 0.154. The van der Waals surface area contributed by atoms with Crippen LogP contribution in [-0.2, 0) is 0 Å². The lowest BCUT2D eigenvalue weighted by Gasteiger charge is -2.40. The van der Waals surface area contributed by atoms with Crippen molar-refractivity contribution in [2.45, 2.75) is 37.7 Å². The van der Waals surface area contributed by atoms with E-state index in [1.807, 2.05) is 22.4 Å². The Morgan fingerprint density at radius 3 is 2.52 bits per heavy atom. The number of aliphatic hydroxyl groups is 1. The van der Waals surface area contributed by atoms with Gasteiger partial charge in [-0.3, -0.25) is 9.69 Å². The maximum Gasteiger partial charge on any atom is 0.264 e. The van der Waals surface area contributed by atoms with Crippen molar-refractivity contribution in [2.24, 2.45) is 0 Å². The number of piperazine rings is 1. The summed E-state index contributed by atoms with van der Waals surface area (Å²) in [5, 5.41) is 12.6. The summed E-state index contributed by atoms with van der Waals surface area (Å²) in [4.78, 5) is 17.4. The number of hydrogen-bond acceptors (Lipinski definition) is 4. The summed E-state index contributed by atoms with van der Waals surface area (Å²) < 4.78 is 0. The van der Waals surface area contributed by atoms with Gasteiger partial charge in [0.2, 0.25) is 0 Å². The fourth-order valence-electron chi connectivity index (χ4n) is 3.45. The van der Waals surface area contributed by atoms with Gasteiger partial charge in [-0.2, -0.15) is 0 Å². The zero-order valence-corrected chi connectivity index (χ0v) is 13.3. The van der Waals surface area contributed by atoms with E-state index in [0.29, 0.717) is 0 Å². The number of β-amino-alcohol motifs (C(OH)–C–C–N with tert-alkyl or cyclic N) is 1. The van der Waals surface area contributed by atoms with Crippen molar-refractivity contribution in [1.82, 2.24) is 9.80 Å². The molecule has 0 radical (unpaired) electrons. The standard InChI is InChI=1S/C16H24N2O2S/c19-15(14-5-4-12-21-14)18-10-8-17(9-11-18)13-16(20)6-2-1-3-7-16/h4-5,12,20H,1-3,6-11,13H2. The van der Waals surface area contributed by atoms with Crippen molar-refractivity contribution < 1.29 is 9.90 Å². The molecule has 2 heterocycles. The highest BCUT2D eigenvalue weighted by Gasteiger charge is 2.33. The van der Waals surface area contributed by atoms with E-state index in [0.717, 1.165) is 63.3 Å². The monoisotopic (exact) mass is 308 g/mol. The van der Waals surface area contributed by atoms with Gasteiger partial charge < -0.3 is 10.0 Å². The molecule has 1 N–H and O–H groups in total. The van der Waals surface area contributed by atoms with Gasteiger partial charge in [0.25, 0.3) is 5.91 Å². The van der Waals surface area contributed by atoms with Crippen LogP contribution in [0.1, 0.15) is 41.8 Å². The summed E-state index contributed by atoms with van der Waals surface area (Å²) in [6.45, 7) is 4.06. The molecular formula is C16H24N2O2S. The molecule has 3 rings (SSSR count). The van der Waals surface area contributed by atoms with Crippen LogP contribution in [0.2, 0.25) is 0 Å². The van der Waals surface area contributed by atoms with Gasteiger partial charge >= 0.3 is 0 Å². The Balaban J connectivity index is 1.50. The van der Waals surface area contributed by atoms with Crippen LogP contribution in [-0.4, -0.2) is 59.1 Å². The minimum atomic E-state index is -0.488. The summed E-state index contributed by atoms with van der Waals surface area (Å²) in [6.07, 6.45) is 5.41. The van der Waals surface area contributed by atoms with Gasteiger partial charge in [0.15, 0.2) is 0 Å². The zero-order valence-electron chi connectivity index (χ0n) is 12.5. The van der Waals surface area contributed by atoms with E-state index in [-0.39, 0.29) is 5.91 Å². The first-order valence-corrected chi connectivity index (χ1v) is 8.82. The number of nitrogens with zero attached hydrogens (tertiary/aromatic N) is 2. The minimum Gasteiger partial charge on any atom is -0.389 e. The van der Waals surface area contributed by atoms with Gasteiger partial charge in [-0.25, -0.2) is 0 Å². The van der Waals surface area contributed by atoms with Crippen molar-refractivity contribution in [3.63, 3.8) is 0 Å². The average molecular weight is 308 g/mol. The van der Waals surface area contributed by atoms with Crippen molar-refractivity contribution in [3.05, 3.63) is 22.4 Å². The van der Waals surface area contributed by atoms with Crippen molar-refractivity contribution >= 4 is 17.2 Å². The lowest BCUT2D eigenvalue weighted by molar-refractivity contribution is -0.0339. The Kier molecular flexibility index (Phi) is 4.62. The Morgan fingerprint density at radius 2 is 1.90 bits per heavy atom. The third kappa shape index (κ3) is 3.65. The molecule has 1 aromatic heterocycles. The van der Waals surface area contributed by atoms with Gasteiger partial charge in [-0.05, 0) is 24.3 Å². The number of carbonyl (C=O) groups is 1. The molecule has 1 aliphatic carbocycles. The van der Waals surface area contributed by atoms with Crippen LogP contribution < -0.4 is 0 Å².